The Morgan fingerprint density at radius 3 is 1.83 bits per heavy atom. The summed E-state index contributed by atoms with van der Waals surface area (Å²) in [4.78, 5) is 0. The van der Waals surface area contributed by atoms with Gasteiger partial charge in [0.15, 0.2) is 0 Å². The van der Waals surface area contributed by atoms with E-state index < -0.39 is 246 Å². The van der Waals surface area contributed by atoms with Crippen LogP contribution >= 0.6 is 0 Å². The van der Waals surface area contributed by atoms with Crippen molar-refractivity contribution in [3.05, 3.63) is 175 Å². The van der Waals surface area contributed by atoms with Crippen LogP contribution in [-0.2, 0) is 0 Å². The number of aromatic nitrogens is 3. The zero-order chi connectivity index (χ0) is 58.4. The SMILES string of the molecule is [2H]c1c([2H])c([2H])c(-c2c([2H])c([2H])c([2H])c(-n3c4c([2H])c([2H])c(C)c([2H])c4c4c([2H])c(-n5c6c([2H])c([2H])c([2H])c7c8c([2H])c([2H])c([2H])c9c%10c([2H])c([2H])c([2H])c([2H])c%10n(c%10c([2H])c([2H])c([2H])c5c%10c76)c89)c([2H])c([2H])c43)c2[2H])c([2H])c1[2H]. The second-order valence-corrected chi connectivity index (χ2v) is 12.0. The topological polar surface area (TPSA) is 14.3 Å². The van der Waals surface area contributed by atoms with E-state index in [9.17, 15) is 20.6 Å². The lowest BCUT2D eigenvalue weighted by atomic mass is 10.0. The highest BCUT2D eigenvalue weighted by molar-refractivity contribution is 6.31. The molecule has 0 aliphatic heterocycles. The van der Waals surface area contributed by atoms with E-state index in [0.717, 1.165) is 13.5 Å². The molecule has 0 unspecified atom stereocenters. The number of fused-ring (bicyclic) bond motifs is 8. The zero-order valence-corrected chi connectivity index (χ0v) is 26.3. The summed E-state index contributed by atoms with van der Waals surface area (Å²) in [5.74, 6) is 0. The molecule has 0 fully saturated rings. The lowest BCUT2D eigenvalue weighted by Crippen LogP contribution is -1.96. The molecule has 4 aromatic heterocycles. The van der Waals surface area contributed by atoms with E-state index in [2.05, 4.69) is 0 Å². The second kappa shape index (κ2) is 10.1. The summed E-state index contributed by atoms with van der Waals surface area (Å²) in [5, 5.41) is -3.26. The van der Waals surface area contributed by atoms with Gasteiger partial charge >= 0.3 is 0 Å². The molecular formula is C49H31N3. The molecule has 0 spiro atoms. The maximum absolute atomic E-state index is 10.3. The monoisotopic (exact) mass is 689 g/mol. The van der Waals surface area contributed by atoms with E-state index >= 15 is 0 Å². The third-order valence-corrected chi connectivity index (χ3v) is 9.28. The Labute approximate surface area is 338 Å². The first-order valence-corrected chi connectivity index (χ1v) is 15.8. The predicted molar refractivity (Wildman–Crippen MR) is 220 cm³/mol. The molecule has 0 radical (unpaired) electrons. The van der Waals surface area contributed by atoms with Crippen LogP contribution in [0.2, 0.25) is 0 Å². The minimum absolute atomic E-state index is 0.180. The van der Waals surface area contributed by atoms with Crippen molar-refractivity contribution in [2.75, 3.05) is 0 Å². The number of benzene rings is 8. The van der Waals surface area contributed by atoms with Crippen LogP contribution in [0.3, 0.4) is 0 Å². The molecule has 0 N–H and O–H groups in total. The Morgan fingerprint density at radius 1 is 0.365 bits per heavy atom. The second-order valence-electron chi connectivity index (χ2n) is 12.0. The van der Waals surface area contributed by atoms with Gasteiger partial charge in [-0.2, -0.15) is 0 Å². The van der Waals surface area contributed by atoms with Crippen LogP contribution in [0, 0.1) is 6.92 Å². The smallest absolute Gasteiger partial charge is 0.0652 e. The molecule has 3 heteroatoms. The maximum atomic E-state index is 10.3. The van der Waals surface area contributed by atoms with Crippen molar-refractivity contribution in [2.24, 2.45) is 0 Å². The minimum Gasteiger partial charge on any atom is -0.309 e. The van der Waals surface area contributed by atoms with Crippen molar-refractivity contribution >= 4 is 81.7 Å². The average Bonchev–Trinajstić information content (AvgIpc) is 4.08. The van der Waals surface area contributed by atoms with Crippen molar-refractivity contribution < 1.29 is 38.4 Å². The minimum atomic E-state index is -1.02. The molecule has 3 nitrogen and oxygen atoms in total. The third-order valence-electron chi connectivity index (χ3n) is 9.28. The van der Waals surface area contributed by atoms with Gasteiger partial charge < -0.3 is 13.5 Å². The Bertz CT molecular complexity index is 5020. The normalized spacial score (nSPS) is 19.9. The molecule has 242 valence electrons. The van der Waals surface area contributed by atoms with Gasteiger partial charge in [-0.15, -0.1) is 0 Å². The summed E-state index contributed by atoms with van der Waals surface area (Å²) >= 11 is 0. The molecule has 0 saturated heterocycles. The Kier molecular flexibility index (Phi) is 2.42. The highest BCUT2D eigenvalue weighted by atomic mass is 15.0. The van der Waals surface area contributed by atoms with Crippen LogP contribution in [0.25, 0.3) is 104 Å². The third kappa shape index (κ3) is 3.59. The van der Waals surface area contributed by atoms with E-state index in [4.69, 9.17) is 17.8 Å². The summed E-state index contributed by atoms with van der Waals surface area (Å²) in [6.45, 7) is 1.29. The molecule has 0 saturated carbocycles. The molecule has 0 bridgehead atoms. The summed E-state index contributed by atoms with van der Waals surface area (Å²) in [6.07, 6.45) is 0. The van der Waals surface area contributed by atoms with Crippen LogP contribution in [-0.4, -0.2) is 13.5 Å². The van der Waals surface area contributed by atoms with Crippen LogP contribution in [0.5, 0.6) is 0 Å². The van der Waals surface area contributed by atoms with Gasteiger partial charge in [0, 0.05) is 49.1 Å². The van der Waals surface area contributed by atoms with Crippen molar-refractivity contribution in [1.82, 2.24) is 13.5 Å². The van der Waals surface area contributed by atoms with Gasteiger partial charge in [-0.25, -0.2) is 0 Å². The molecule has 12 rings (SSSR count). The van der Waals surface area contributed by atoms with Gasteiger partial charge in [0.25, 0.3) is 0 Å². The van der Waals surface area contributed by atoms with Crippen molar-refractivity contribution in [1.29, 1.82) is 0 Å². The highest BCUT2D eigenvalue weighted by Gasteiger charge is 2.22. The largest absolute Gasteiger partial charge is 0.309 e. The lowest BCUT2D eigenvalue weighted by molar-refractivity contribution is 1.16. The molecule has 0 aliphatic rings. The van der Waals surface area contributed by atoms with Crippen LogP contribution in [0.1, 0.15) is 43.9 Å². The number of para-hydroxylation sites is 2. The number of nitrogens with zero attached hydrogens (tertiary/aromatic N) is 3. The van der Waals surface area contributed by atoms with Gasteiger partial charge in [0.1, 0.15) is 0 Å². The fraction of sp³-hybridized carbons (Fsp3) is 0.0204. The first-order chi connectivity index (χ1) is 37.4. The van der Waals surface area contributed by atoms with E-state index in [1.165, 1.54) is 6.92 Å². The highest BCUT2D eigenvalue weighted by Crippen LogP contribution is 2.44. The molecule has 12 aromatic rings. The van der Waals surface area contributed by atoms with Gasteiger partial charge in [-0.05, 0) is 89.9 Å². The standard InChI is InChI=1S/C49H31N3/c1-30-23-25-42-39(27-30)40-29-34(24-26-43(40)50(42)33-14-7-13-32(28-33)31-11-3-2-4-12-31)51-44-20-9-16-36-38-18-8-17-37-35-15-5-6-19-41(35)52(49(37)38)46-22-10-21-45(51)48(46)47(36)44/h2-29H,1H3/i2D,3D,4D,5D,6D,7D,8D,9D,10D,11D,12D,13D,14D,15D,16D,17D,18D,19D,20D,21D,22D,23D,24D,25D,26D,27D,28D,29D. The van der Waals surface area contributed by atoms with Crippen molar-refractivity contribution in [2.45, 2.75) is 6.92 Å². The van der Waals surface area contributed by atoms with E-state index in [1.54, 1.807) is 0 Å². The van der Waals surface area contributed by atoms with Gasteiger partial charge in [0.2, 0.25) is 0 Å². The summed E-state index contributed by atoms with van der Waals surface area (Å²) in [5.41, 5.74) is -6.77. The fourth-order valence-electron chi connectivity index (χ4n) is 7.24. The Balaban J connectivity index is 1.38. The van der Waals surface area contributed by atoms with Crippen LogP contribution in [0.15, 0.2) is 169 Å². The van der Waals surface area contributed by atoms with Gasteiger partial charge in [0.05, 0.1) is 77.0 Å². The number of rotatable bonds is 3. The molecule has 0 amide bonds. The van der Waals surface area contributed by atoms with Crippen LogP contribution in [0.4, 0.5) is 0 Å². The van der Waals surface area contributed by atoms with Crippen LogP contribution < -0.4 is 0 Å². The molecule has 0 atom stereocenters. The average molecular weight is 690 g/mol. The summed E-state index contributed by atoms with van der Waals surface area (Å²) in [6, 6.07) is -23.6. The Hall–Kier alpha value is -6.84. The summed E-state index contributed by atoms with van der Waals surface area (Å²) < 4.78 is 260. The fourth-order valence-corrected chi connectivity index (χ4v) is 7.24. The van der Waals surface area contributed by atoms with Gasteiger partial charge in [-0.1, -0.05) is 108 Å². The predicted octanol–water partition coefficient (Wildman–Crippen LogP) is 13.0. The lowest BCUT2D eigenvalue weighted by Gasteiger charge is -2.12. The van der Waals surface area contributed by atoms with Gasteiger partial charge in [-0.3, -0.25) is 0 Å². The Morgan fingerprint density at radius 2 is 0.942 bits per heavy atom. The van der Waals surface area contributed by atoms with Crippen molar-refractivity contribution in [3.63, 3.8) is 0 Å². The first kappa shape index (κ1) is 12.4. The maximum Gasteiger partial charge on any atom is 0.0652 e. The van der Waals surface area contributed by atoms with E-state index in [-0.39, 0.29) is 32.6 Å². The van der Waals surface area contributed by atoms with E-state index in [0.29, 0.717) is 0 Å². The zero-order valence-electron chi connectivity index (χ0n) is 54.3. The molecule has 4 heterocycles. The van der Waals surface area contributed by atoms with E-state index in [1.807, 2.05) is 0 Å². The number of hydrogen-bond acceptors (Lipinski definition) is 0. The molecule has 8 aromatic carbocycles. The van der Waals surface area contributed by atoms with Crippen molar-refractivity contribution in [3.8, 4) is 22.5 Å². The molecular weight excluding hydrogens is 631 g/mol. The molecule has 52 heavy (non-hydrogen) atoms. The first-order valence-electron chi connectivity index (χ1n) is 29.8. The summed E-state index contributed by atoms with van der Waals surface area (Å²) in [7, 11) is 0. The molecule has 0 aliphatic carbocycles. The quantitative estimate of drug-likeness (QED) is 0.175. The number of hydrogen-bond donors (Lipinski definition) is 0.